The molecule has 21 heavy (non-hydrogen) atoms. The molecule has 1 atom stereocenters. The highest BCUT2D eigenvalue weighted by Gasteiger charge is 2.21. The largest absolute Gasteiger partial charge is 0.480 e. The van der Waals surface area contributed by atoms with Gasteiger partial charge in [-0.15, -0.1) is 0 Å². The van der Waals surface area contributed by atoms with Crippen LogP contribution in [0.15, 0.2) is 16.9 Å². The number of aryl methyl sites for hydroxylation is 1. The summed E-state index contributed by atoms with van der Waals surface area (Å²) in [5.74, 6) is -1.87. The number of nitrogens with zero attached hydrogens (tertiary/aromatic N) is 2. The molecule has 1 heterocycles. The predicted molar refractivity (Wildman–Crippen MR) is 74.2 cm³/mol. The highest BCUT2D eigenvalue weighted by atomic mass is 16.5. The fraction of sp³-hybridized carbons (Fsp3) is 0.538. The fourth-order valence-electron chi connectivity index (χ4n) is 1.61. The minimum Gasteiger partial charge on any atom is -0.480 e. The minimum absolute atomic E-state index is 0.00643. The molecule has 1 aromatic heterocycles. The molecule has 1 amide bonds. The van der Waals surface area contributed by atoms with Crippen LogP contribution in [-0.4, -0.2) is 46.5 Å². The molecule has 0 saturated heterocycles. The summed E-state index contributed by atoms with van der Waals surface area (Å²) in [5, 5.41) is 15.2. The Labute approximate surface area is 121 Å². The molecule has 1 rings (SSSR count). The third-order valence-electron chi connectivity index (χ3n) is 2.76. The normalized spacial score (nSPS) is 11.9. The van der Waals surface area contributed by atoms with Gasteiger partial charge in [-0.05, 0) is 12.5 Å². The monoisotopic (exact) mass is 297 g/mol. The Morgan fingerprint density at radius 1 is 1.48 bits per heavy atom. The Morgan fingerprint density at radius 3 is 2.76 bits per heavy atom. The highest BCUT2D eigenvalue weighted by molar-refractivity contribution is 5.94. The minimum atomic E-state index is -1.20. The molecule has 0 aliphatic rings. The van der Waals surface area contributed by atoms with Crippen molar-refractivity contribution in [2.24, 2.45) is 0 Å². The van der Waals surface area contributed by atoms with Gasteiger partial charge in [0.05, 0.1) is 6.61 Å². The van der Waals surface area contributed by atoms with Crippen LogP contribution in [0.3, 0.4) is 0 Å². The first kappa shape index (κ1) is 16.8. The first-order chi connectivity index (χ1) is 9.99. The lowest BCUT2D eigenvalue weighted by Gasteiger charge is -2.13. The Morgan fingerprint density at radius 2 is 2.19 bits per heavy atom. The molecule has 2 N–H and O–H groups in total. The lowest BCUT2D eigenvalue weighted by Crippen LogP contribution is -2.44. The number of rotatable bonds is 8. The summed E-state index contributed by atoms with van der Waals surface area (Å²) in [6, 6.07) is 1.34. The molecule has 0 aliphatic heterocycles. The molecule has 1 unspecified atom stereocenters. The molecule has 0 bridgehead atoms. The molecule has 0 saturated carbocycles. The zero-order valence-electron chi connectivity index (χ0n) is 12.0. The van der Waals surface area contributed by atoms with Gasteiger partial charge < -0.3 is 15.2 Å². The first-order valence-electron chi connectivity index (χ1n) is 6.60. The molecule has 0 fully saturated rings. The molecular formula is C13H19N3O5. The van der Waals surface area contributed by atoms with Gasteiger partial charge in [0.2, 0.25) is 0 Å². The number of unbranched alkanes of at least 4 members (excludes halogenated alkanes) is 1. The van der Waals surface area contributed by atoms with E-state index in [0.717, 1.165) is 12.8 Å². The number of aliphatic carboxylic acids is 1. The van der Waals surface area contributed by atoms with Gasteiger partial charge >= 0.3 is 5.97 Å². The van der Waals surface area contributed by atoms with Crippen LogP contribution in [0.25, 0.3) is 0 Å². The van der Waals surface area contributed by atoms with Crippen LogP contribution in [0.1, 0.15) is 30.3 Å². The Kier molecular flexibility index (Phi) is 6.54. The molecular weight excluding hydrogens is 278 g/mol. The molecule has 116 valence electrons. The van der Waals surface area contributed by atoms with Gasteiger partial charge in [0.1, 0.15) is 5.69 Å². The summed E-state index contributed by atoms with van der Waals surface area (Å²) in [6.07, 6.45) is 1.65. The van der Waals surface area contributed by atoms with Gasteiger partial charge in [-0.3, -0.25) is 9.59 Å². The zero-order chi connectivity index (χ0) is 15.8. The number of hydrogen-bond acceptors (Lipinski definition) is 5. The van der Waals surface area contributed by atoms with Gasteiger partial charge in [0.25, 0.3) is 11.5 Å². The van der Waals surface area contributed by atoms with E-state index in [9.17, 15) is 14.4 Å². The number of ether oxygens (including phenoxy) is 1. The van der Waals surface area contributed by atoms with Crippen molar-refractivity contribution >= 4 is 11.9 Å². The van der Waals surface area contributed by atoms with Crippen LogP contribution in [0.4, 0.5) is 0 Å². The number of carbonyl (C=O) groups is 2. The van der Waals surface area contributed by atoms with Gasteiger partial charge in [-0.2, -0.15) is 5.10 Å². The molecule has 0 aliphatic carbocycles. The van der Waals surface area contributed by atoms with Crippen molar-refractivity contribution in [3.8, 4) is 0 Å². The van der Waals surface area contributed by atoms with Crippen molar-refractivity contribution < 1.29 is 19.4 Å². The Hall–Kier alpha value is -2.22. The van der Waals surface area contributed by atoms with Crippen LogP contribution < -0.4 is 10.9 Å². The third-order valence-corrected chi connectivity index (χ3v) is 2.76. The number of aromatic nitrogens is 2. The number of methoxy groups -OCH3 is 1. The summed E-state index contributed by atoms with van der Waals surface area (Å²) < 4.78 is 5.93. The number of hydrogen-bond donors (Lipinski definition) is 2. The third kappa shape index (κ3) is 4.99. The average molecular weight is 297 g/mol. The number of carboxylic acid groups (broad SMARTS) is 1. The summed E-state index contributed by atoms with van der Waals surface area (Å²) >= 11 is 0. The molecule has 8 nitrogen and oxygen atoms in total. The van der Waals surface area contributed by atoms with E-state index in [2.05, 4.69) is 10.4 Å². The zero-order valence-corrected chi connectivity index (χ0v) is 12.0. The average Bonchev–Trinajstić information content (AvgIpc) is 2.45. The van der Waals surface area contributed by atoms with Crippen molar-refractivity contribution in [3.63, 3.8) is 0 Å². The smallest absolute Gasteiger partial charge is 0.328 e. The van der Waals surface area contributed by atoms with Crippen LogP contribution in [0.5, 0.6) is 0 Å². The van der Waals surface area contributed by atoms with Crippen molar-refractivity contribution in [2.45, 2.75) is 32.4 Å². The molecule has 0 aromatic carbocycles. The van der Waals surface area contributed by atoms with E-state index in [0.29, 0.717) is 6.54 Å². The van der Waals surface area contributed by atoms with Gasteiger partial charge in [-0.1, -0.05) is 13.3 Å². The van der Waals surface area contributed by atoms with Crippen LogP contribution in [0.2, 0.25) is 0 Å². The van der Waals surface area contributed by atoms with E-state index in [-0.39, 0.29) is 17.9 Å². The maximum Gasteiger partial charge on any atom is 0.328 e. The Balaban J connectivity index is 2.86. The van der Waals surface area contributed by atoms with Crippen molar-refractivity contribution in [1.29, 1.82) is 0 Å². The van der Waals surface area contributed by atoms with Crippen LogP contribution in [-0.2, 0) is 16.1 Å². The van der Waals surface area contributed by atoms with E-state index in [4.69, 9.17) is 9.84 Å². The summed E-state index contributed by atoms with van der Waals surface area (Å²) in [4.78, 5) is 34.5. The fourth-order valence-corrected chi connectivity index (χ4v) is 1.61. The number of amides is 1. The van der Waals surface area contributed by atoms with E-state index in [1.807, 2.05) is 6.92 Å². The number of carbonyl (C=O) groups excluding carboxylic acids is 1. The van der Waals surface area contributed by atoms with Crippen LogP contribution in [0, 0.1) is 0 Å². The van der Waals surface area contributed by atoms with E-state index in [1.165, 1.54) is 23.9 Å². The van der Waals surface area contributed by atoms with Crippen molar-refractivity contribution in [2.75, 3.05) is 13.7 Å². The van der Waals surface area contributed by atoms with Gasteiger partial charge in [0.15, 0.2) is 6.04 Å². The molecule has 0 spiro atoms. The number of nitrogens with one attached hydrogen (secondary N) is 1. The molecule has 0 radical (unpaired) electrons. The second-order valence-electron chi connectivity index (χ2n) is 4.45. The van der Waals surface area contributed by atoms with E-state index < -0.39 is 17.9 Å². The maximum atomic E-state index is 12.0. The SMILES string of the molecule is CCCCn1nc(C(=O)NC(COC)C(=O)O)ccc1=O. The Bertz CT molecular complexity index is 555. The number of carboxylic acids is 1. The van der Waals surface area contributed by atoms with Crippen LogP contribution >= 0.6 is 0 Å². The topological polar surface area (TPSA) is 111 Å². The second kappa shape index (κ2) is 8.15. The van der Waals surface area contributed by atoms with Gasteiger partial charge in [0, 0.05) is 19.7 Å². The van der Waals surface area contributed by atoms with E-state index >= 15 is 0 Å². The molecule has 8 heteroatoms. The standard InChI is InChI=1S/C13H19N3O5/c1-3-4-7-16-11(17)6-5-9(15-16)12(18)14-10(8-21-2)13(19)20/h5-6,10H,3-4,7-8H2,1-2H3,(H,14,18)(H,19,20). The lowest BCUT2D eigenvalue weighted by atomic mass is 10.3. The summed E-state index contributed by atoms with van der Waals surface area (Å²) in [6.45, 7) is 2.23. The maximum absolute atomic E-state index is 12.0. The quantitative estimate of drug-likeness (QED) is 0.691. The highest BCUT2D eigenvalue weighted by Crippen LogP contribution is 1.96. The second-order valence-corrected chi connectivity index (χ2v) is 4.45. The summed E-state index contributed by atoms with van der Waals surface area (Å²) in [7, 11) is 1.34. The first-order valence-corrected chi connectivity index (χ1v) is 6.60. The molecule has 1 aromatic rings. The lowest BCUT2D eigenvalue weighted by molar-refractivity contribution is -0.140. The van der Waals surface area contributed by atoms with Gasteiger partial charge in [-0.25, -0.2) is 9.48 Å². The van der Waals surface area contributed by atoms with E-state index in [1.54, 1.807) is 0 Å². The predicted octanol–water partition coefficient (Wildman–Crippen LogP) is -0.127. The van der Waals surface area contributed by atoms with Crippen molar-refractivity contribution in [1.82, 2.24) is 15.1 Å². The summed E-state index contributed by atoms with van der Waals surface area (Å²) in [5.41, 5.74) is -0.306. The van der Waals surface area contributed by atoms with Crippen molar-refractivity contribution in [3.05, 3.63) is 28.2 Å².